The lowest BCUT2D eigenvalue weighted by Crippen LogP contribution is -2.41. The topological polar surface area (TPSA) is 76.5 Å². The molecule has 2 aromatic carbocycles. The first kappa shape index (κ1) is 26.5. The van der Waals surface area contributed by atoms with Gasteiger partial charge in [-0.3, -0.25) is 4.90 Å². The van der Waals surface area contributed by atoms with Crippen LogP contribution in [0.5, 0.6) is 5.75 Å². The molecule has 37 heavy (non-hydrogen) atoms. The number of fused-ring (bicyclic) bond motifs is 1. The summed E-state index contributed by atoms with van der Waals surface area (Å²) in [5.41, 5.74) is 3.83. The van der Waals surface area contributed by atoms with Crippen molar-refractivity contribution in [2.45, 2.75) is 49.1 Å². The highest BCUT2D eigenvalue weighted by Crippen LogP contribution is 2.40. The third-order valence-electron chi connectivity index (χ3n) is 7.36. The Hall–Kier alpha value is -2.10. The van der Waals surface area contributed by atoms with Crippen molar-refractivity contribution in [1.82, 2.24) is 19.2 Å². The molecule has 1 N–H and O–H groups in total. The van der Waals surface area contributed by atoms with Crippen molar-refractivity contribution in [3.63, 3.8) is 0 Å². The Balaban J connectivity index is 1.31. The van der Waals surface area contributed by atoms with Gasteiger partial charge in [-0.15, -0.1) is 0 Å². The Morgan fingerprint density at radius 2 is 1.92 bits per heavy atom. The van der Waals surface area contributed by atoms with Crippen LogP contribution in [0, 0.1) is 0 Å². The third kappa shape index (κ3) is 6.15. The van der Waals surface area contributed by atoms with Gasteiger partial charge in [-0.1, -0.05) is 35.3 Å². The summed E-state index contributed by atoms with van der Waals surface area (Å²) in [6, 6.07) is 12.7. The minimum absolute atomic E-state index is 0.00174. The molecule has 7 nitrogen and oxygen atoms in total. The maximum atomic E-state index is 12.4. The molecule has 0 amide bonds. The second-order valence-corrected chi connectivity index (χ2v) is 12.4. The fourth-order valence-corrected chi connectivity index (χ4v) is 6.88. The van der Waals surface area contributed by atoms with E-state index in [4.69, 9.17) is 27.9 Å². The number of benzene rings is 2. The summed E-state index contributed by atoms with van der Waals surface area (Å²) in [7, 11) is -1.93. The molecule has 0 spiro atoms. The van der Waals surface area contributed by atoms with Crippen LogP contribution in [0.4, 0.5) is 0 Å². The molecule has 10 heteroatoms. The minimum atomic E-state index is -3.66. The van der Waals surface area contributed by atoms with Gasteiger partial charge in [0.15, 0.2) is 5.03 Å². The first-order chi connectivity index (χ1) is 17.8. The van der Waals surface area contributed by atoms with Gasteiger partial charge < -0.3 is 9.30 Å². The van der Waals surface area contributed by atoms with Gasteiger partial charge in [0.2, 0.25) is 0 Å². The molecule has 1 saturated heterocycles. The van der Waals surface area contributed by atoms with Crippen LogP contribution < -0.4 is 9.46 Å². The maximum absolute atomic E-state index is 12.4. The van der Waals surface area contributed by atoms with E-state index in [1.807, 2.05) is 18.2 Å². The molecule has 2 unspecified atom stereocenters. The number of likely N-dealkylation sites (tertiary alicyclic amines) is 1. The third-order valence-corrected chi connectivity index (χ3v) is 9.44. The molecule has 0 radical (unpaired) electrons. The van der Waals surface area contributed by atoms with E-state index in [2.05, 4.69) is 32.8 Å². The molecule has 0 saturated carbocycles. The van der Waals surface area contributed by atoms with E-state index in [0.29, 0.717) is 22.0 Å². The van der Waals surface area contributed by atoms with Crippen LogP contribution in [0.25, 0.3) is 0 Å². The average Bonchev–Trinajstić information content (AvgIpc) is 3.57. The highest BCUT2D eigenvalue weighted by Gasteiger charge is 2.35. The number of hydrogen-bond donors (Lipinski definition) is 1. The Morgan fingerprint density at radius 3 is 2.65 bits per heavy atom. The zero-order valence-electron chi connectivity index (χ0n) is 20.9. The molecule has 1 aliphatic carbocycles. The number of rotatable bonds is 9. The quantitative estimate of drug-likeness (QED) is 0.378. The van der Waals surface area contributed by atoms with E-state index in [1.165, 1.54) is 42.1 Å². The highest BCUT2D eigenvalue weighted by molar-refractivity contribution is 7.89. The molecule has 0 bridgehead atoms. The number of nitrogens with one attached hydrogen (secondary N) is 1. The molecule has 2 aliphatic rings. The van der Waals surface area contributed by atoms with Crippen molar-refractivity contribution >= 4 is 33.2 Å². The van der Waals surface area contributed by atoms with Crippen LogP contribution in [-0.2, 0) is 29.9 Å². The van der Waals surface area contributed by atoms with Crippen molar-refractivity contribution in [3.8, 4) is 5.75 Å². The fourth-order valence-electron chi connectivity index (χ4n) is 5.57. The van der Waals surface area contributed by atoms with Gasteiger partial charge in [0.25, 0.3) is 10.0 Å². The monoisotopic (exact) mass is 562 g/mol. The number of hydrogen-bond acceptors (Lipinski definition) is 5. The van der Waals surface area contributed by atoms with E-state index < -0.39 is 10.0 Å². The predicted molar refractivity (Wildman–Crippen MR) is 146 cm³/mol. The van der Waals surface area contributed by atoms with Crippen molar-refractivity contribution in [2.24, 2.45) is 7.05 Å². The number of aromatic nitrogens is 2. The van der Waals surface area contributed by atoms with Gasteiger partial charge in [0.1, 0.15) is 12.4 Å². The molecule has 1 fully saturated rings. The van der Waals surface area contributed by atoms with Crippen LogP contribution in [-0.4, -0.2) is 55.2 Å². The second-order valence-electron chi connectivity index (χ2n) is 9.89. The average molecular weight is 564 g/mol. The van der Waals surface area contributed by atoms with Crippen molar-refractivity contribution in [3.05, 3.63) is 75.7 Å². The summed E-state index contributed by atoms with van der Waals surface area (Å²) in [6.07, 6.45) is 8.48. The van der Waals surface area contributed by atoms with Gasteiger partial charge >= 0.3 is 0 Å². The maximum Gasteiger partial charge on any atom is 0.259 e. The van der Waals surface area contributed by atoms with Crippen LogP contribution >= 0.6 is 23.2 Å². The smallest absolute Gasteiger partial charge is 0.259 e. The first-order valence-corrected chi connectivity index (χ1v) is 15.0. The van der Waals surface area contributed by atoms with Crippen LogP contribution in [0.15, 0.2) is 53.9 Å². The Labute approximate surface area is 228 Å². The van der Waals surface area contributed by atoms with Gasteiger partial charge in [-0.05, 0) is 86.1 Å². The van der Waals surface area contributed by atoms with Crippen molar-refractivity contribution < 1.29 is 13.2 Å². The number of halogens is 2. The van der Waals surface area contributed by atoms with Crippen molar-refractivity contribution in [2.75, 3.05) is 26.2 Å². The Morgan fingerprint density at radius 1 is 1.11 bits per heavy atom. The molecule has 5 rings (SSSR count). The SMILES string of the molecule is Cn1cnc(S(=O)(=O)NCCOc2ccc3c(c2)C(Cc2ccc(Cl)c(Cl)c2)C(N2CCCC2)CC3)c1. The van der Waals surface area contributed by atoms with Gasteiger partial charge in [-0.2, -0.15) is 0 Å². The molecule has 2 heterocycles. The van der Waals surface area contributed by atoms with Gasteiger partial charge in [-0.25, -0.2) is 18.1 Å². The van der Waals surface area contributed by atoms with E-state index in [9.17, 15) is 8.42 Å². The Bertz CT molecular complexity index is 1360. The number of aryl methyl sites for hydroxylation is 2. The zero-order chi connectivity index (χ0) is 26.0. The summed E-state index contributed by atoms with van der Waals surface area (Å²) >= 11 is 12.5. The summed E-state index contributed by atoms with van der Waals surface area (Å²) in [5.74, 6) is 1.06. The lowest BCUT2D eigenvalue weighted by atomic mass is 9.75. The summed E-state index contributed by atoms with van der Waals surface area (Å²) in [6.45, 7) is 2.66. The zero-order valence-corrected chi connectivity index (χ0v) is 23.2. The van der Waals surface area contributed by atoms with Gasteiger partial charge in [0, 0.05) is 31.7 Å². The number of imidazole rings is 1. The van der Waals surface area contributed by atoms with Crippen LogP contribution in [0.3, 0.4) is 0 Å². The molecule has 2 atom stereocenters. The van der Waals surface area contributed by atoms with E-state index in [0.717, 1.165) is 38.1 Å². The summed E-state index contributed by atoms with van der Waals surface area (Å²) in [5, 5.41) is 1.15. The van der Waals surface area contributed by atoms with E-state index >= 15 is 0 Å². The number of ether oxygens (including phenoxy) is 1. The minimum Gasteiger partial charge on any atom is -0.492 e. The second kappa shape index (κ2) is 11.3. The molecule has 198 valence electrons. The summed E-state index contributed by atoms with van der Waals surface area (Å²) in [4.78, 5) is 6.56. The largest absolute Gasteiger partial charge is 0.492 e. The standard InChI is InChI=1S/C27H32Cl2N4O3S/c1-32-17-27(30-18-32)37(34,35)31-10-13-36-21-7-5-20-6-9-26(33-11-2-3-12-33)23(22(20)16-21)14-19-4-8-24(28)25(29)15-19/h4-5,7-8,15-18,23,26,31H,2-3,6,9-14H2,1H3. The normalized spacial score (nSPS) is 20.2. The Kier molecular flexibility index (Phi) is 8.12. The highest BCUT2D eigenvalue weighted by atomic mass is 35.5. The lowest BCUT2D eigenvalue weighted by Gasteiger charge is -2.39. The fraction of sp³-hybridized carbons (Fsp3) is 0.444. The lowest BCUT2D eigenvalue weighted by molar-refractivity contribution is 0.188. The molecule has 3 aromatic rings. The summed E-state index contributed by atoms with van der Waals surface area (Å²) < 4.78 is 35.0. The molecular weight excluding hydrogens is 531 g/mol. The number of nitrogens with zero attached hydrogens (tertiary/aromatic N) is 3. The molecule has 1 aliphatic heterocycles. The molecular formula is C27H32Cl2N4O3S. The predicted octanol–water partition coefficient (Wildman–Crippen LogP) is 4.82. The van der Waals surface area contributed by atoms with E-state index in [1.54, 1.807) is 11.6 Å². The number of sulfonamides is 1. The van der Waals surface area contributed by atoms with Crippen molar-refractivity contribution in [1.29, 1.82) is 0 Å². The van der Waals surface area contributed by atoms with Crippen LogP contribution in [0.2, 0.25) is 10.0 Å². The van der Waals surface area contributed by atoms with Gasteiger partial charge in [0.05, 0.1) is 16.4 Å². The first-order valence-electron chi connectivity index (χ1n) is 12.7. The molecule has 1 aromatic heterocycles. The van der Waals surface area contributed by atoms with Crippen LogP contribution in [0.1, 0.15) is 41.9 Å². The van der Waals surface area contributed by atoms with E-state index in [-0.39, 0.29) is 18.2 Å².